The van der Waals surface area contributed by atoms with E-state index in [2.05, 4.69) is 10.1 Å². The second-order valence-electron chi connectivity index (χ2n) is 3.65. The second kappa shape index (κ2) is 3.18. The van der Waals surface area contributed by atoms with Crippen molar-refractivity contribution < 1.29 is 0 Å². The Bertz CT molecular complexity index is 670. The lowest BCUT2D eigenvalue weighted by molar-refractivity contribution is 0.845. The Labute approximate surface area is 91.7 Å². The second-order valence-corrected chi connectivity index (χ2v) is 3.65. The van der Waals surface area contributed by atoms with Gasteiger partial charge < -0.3 is 11.5 Å². The van der Waals surface area contributed by atoms with E-state index in [-0.39, 0.29) is 0 Å². The maximum Gasteiger partial charge on any atom is 0.163 e. The van der Waals surface area contributed by atoms with Gasteiger partial charge in [-0.15, -0.1) is 0 Å². The molecule has 0 radical (unpaired) electrons. The largest absolute Gasteiger partial charge is 0.399 e. The topological polar surface area (TPSA) is 82.2 Å². The van der Waals surface area contributed by atoms with Gasteiger partial charge in [0.25, 0.3) is 0 Å². The summed E-state index contributed by atoms with van der Waals surface area (Å²) in [6.07, 6.45) is 1.75. The van der Waals surface area contributed by atoms with Crippen LogP contribution < -0.4 is 11.5 Å². The minimum Gasteiger partial charge on any atom is -0.399 e. The predicted molar refractivity (Wildman–Crippen MR) is 62.8 cm³/mol. The highest BCUT2D eigenvalue weighted by Crippen LogP contribution is 2.20. The number of benzene rings is 1. The lowest BCUT2D eigenvalue weighted by Gasteiger charge is -1.98. The van der Waals surface area contributed by atoms with Gasteiger partial charge in [0.1, 0.15) is 0 Å². The van der Waals surface area contributed by atoms with Crippen LogP contribution in [0.25, 0.3) is 16.6 Å². The highest BCUT2D eigenvalue weighted by atomic mass is 15.3. The fourth-order valence-corrected chi connectivity index (χ4v) is 1.83. The summed E-state index contributed by atoms with van der Waals surface area (Å²) in [5, 5.41) is 5.43. The summed E-state index contributed by atoms with van der Waals surface area (Å²) in [5.74, 6) is 0. The van der Waals surface area contributed by atoms with Crippen LogP contribution in [0.15, 0.2) is 30.5 Å². The van der Waals surface area contributed by atoms with E-state index in [1.54, 1.807) is 10.7 Å². The van der Waals surface area contributed by atoms with Crippen LogP contribution >= 0.6 is 0 Å². The zero-order chi connectivity index (χ0) is 11.1. The van der Waals surface area contributed by atoms with Gasteiger partial charge in [0.2, 0.25) is 0 Å². The van der Waals surface area contributed by atoms with Gasteiger partial charge in [0.15, 0.2) is 5.65 Å². The molecule has 3 rings (SSSR count). The highest BCUT2D eigenvalue weighted by molar-refractivity contribution is 5.93. The summed E-state index contributed by atoms with van der Waals surface area (Å²) in [5.41, 5.74) is 14.7. The number of hydrogen-bond donors (Lipinski definition) is 2. The number of hydrogen-bond acceptors (Lipinski definition) is 4. The molecule has 0 unspecified atom stereocenters. The van der Waals surface area contributed by atoms with E-state index in [0.29, 0.717) is 12.2 Å². The van der Waals surface area contributed by atoms with Crippen LogP contribution in [0.1, 0.15) is 5.69 Å². The minimum atomic E-state index is 0.433. The average Bonchev–Trinajstić information content (AvgIpc) is 2.65. The fourth-order valence-electron chi connectivity index (χ4n) is 1.83. The number of rotatable bonds is 1. The first-order chi connectivity index (χ1) is 7.79. The number of fused-ring (bicyclic) bond motifs is 3. The third-order valence-electron chi connectivity index (χ3n) is 2.62. The normalized spacial score (nSPS) is 11.3. The van der Waals surface area contributed by atoms with E-state index >= 15 is 0 Å². The lowest BCUT2D eigenvalue weighted by atomic mass is 10.2. The molecule has 5 nitrogen and oxygen atoms in total. The molecule has 0 aliphatic carbocycles. The van der Waals surface area contributed by atoms with Crippen molar-refractivity contribution in [3.05, 3.63) is 36.2 Å². The first-order valence-corrected chi connectivity index (χ1v) is 5.01. The smallest absolute Gasteiger partial charge is 0.163 e. The summed E-state index contributed by atoms with van der Waals surface area (Å²) in [6, 6.07) is 7.48. The average molecular weight is 213 g/mol. The maximum absolute atomic E-state index is 5.72. The molecule has 4 N–H and O–H groups in total. The molecule has 2 heterocycles. The summed E-state index contributed by atoms with van der Waals surface area (Å²) >= 11 is 0. The molecule has 0 bridgehead atoms. The zero-order valence-electron chi connectivity index (χ0n) is 8.59. The molecule has 16 heavy (non-hydrogen) atoms. The summed E-state index contributed by atoms with van der Waals surface area (Å²) in [6.45, 7) is 0.433. The van der Waals surface area contributed by atoms with Crippen LogP contribution in [-0.2, 0) is 6.54 Å². The fraction of sp³-hybridized carbons (Fsp3) is 0.0909. The Hall–Kier alpha value is -2.14. The number of anilines is 1. The Morgan fingerprint density at radius 2 is 2.12 bits per heavy atom. The van der Waals surface area contributed by atoms with E-state index in [1.807, 2.05) is 24.3 Å². The van der Waals surface area contributed by atoms with Crippen molar-refractivity contribution in [1.29, 1.82) is 0 Å². The van der Waals surface area contributed by atoms with Crippen LogP contribution in [0.3, 0.4) is 0 Å². The van der Waals surface area contributed by atoms with Crippen LogP contribution in [0.4, 0.5) is 5.69 Å². The van der Waals surface area contributed by atoms with Crippen LogP contribution in [0.2, 0.25) is 0 Å². The van der Waals surface area contributed by atoms with Gasteiger partial charge in [-0.2, -0.15) is 5.10 Å². The highest BCUT2D eigenvalue weighted by Gasteiger charge is 2.08. The van der Waals surface area contributed by atoms with Gasteiger partial charge in [0, 0.05) is 23.8 Å². The molecule has 1 aromatic carbocycles. The van der Waals surface area contributed by atoms with Crippen molar-refractivity contribution in [2.75, 3.05) is 5.73 Å². The molecule has 0 amide bonds. The SMILES string of the molecule is NCc1ccnc2c3ccc(N)cc3nn12. The molecule has 0 atom stereocenters. The summed E-state index contributed by atoms with van der Waals surface area (Å²) in [7, 11) is 0. The standard InChI is InChI=1S/C11H11N5/c12-6-8-3-4-14-11-9-2-1-7(13)5-10(9)15-16(8)11/h1-5H,6,12-13H2. The molecular formula is C11H11N5. The number of nitrogens with zero attached hydrogens (tertiary/aromatic N) is 3. The maximum atomic E-state index is 5.72. The Morgan fingerprint density at radius 3 is 2.94 bits per heavy atom. The first kappa shape index (κ1) is 9.11. The van der Waals surface area contributed by atoms with Crippen molar-refractivity contribution in [1.82, 2.24) is 14.6 Å². The van der Waals surface area contributed by atoms with E-state index in [1.165, 1.54) is 0 Å². The molecule has 0 saturated heterocycles. The summed E-state index contributed by atoms with van der Waals surface area (Å²) in [4.78, 5) is 4.31. The third-order valence-corrected chi connectivity index (χ3v) is 2.62. The van der Waals surface area contributed by atoms with Gasteiger partial charge in [-0.1, -0.05) is 0 Å². The Morgan fingerprint density at radius 1 is 1.25 bits per heavy atom. The molecule has 3 aromatic rings. The Balaban J connectivity index is 2.49. The number of aromatic nitrogens is 3. The van der Waals surface area contributed by atoms with Crippen LogP contribution in [0.5, 0.6) is 0 Å². The predicted octanol–water partition coefficient (Wildman–Crippen LogP) is 0.923. The van der Waals surface area contributed by atoms with Crippen molar-refractivity contribution in [2.45, 2.75) is 6.54 Å². The molecule has 0 aliphatic heterocycles. The quantitative estimate of drug-likeness (QED) is 0.589. The van der Waals surface area contributed by atoms with E-state index in [9.17, 15) is 0 Å². The molecule has 2 aromatic heterocycles. The molecule has 0 aliphatic rings. The molecule has 0 spiro atoms. The molecule has 0 fully saturated rings. The van der Waals surface area contributed by atoms with E-state index in [0.717, 1.165) is 22.2 Å². The molecule has 5 heteroatoms. The third kappa shape index (κ3) is 1.15. The first-order valence-electron chi connectivity index (χ1n) is 5.01. The zero-order valence-corrected chi connectivity index (χ0v) is 8.59. The molecular weight excluding hydrogens is 202 g/mol. The monoisotopic (exact) mass is 213 g/mol. The minimum absolute atomic E-state index is 0.433. The lowest BCUT2D eigenvalue weighted by Crippen LogP contribution is -2.05. The Kier molecular flexibility index (Phi) is 1.81. The van der Waals surface area contributed by atoms with Crippen molar-refractivity contribution in [3.63, 3.8) is 0 Å². The van der Waals surface area contributed by atoms with Crippen molar-refractivity contribution in [3.8, 4) is 0 Å². The van der Waals surface area contributed by atoms with Crippen LogP contribution in [0, 0.1) is 0 Å². The number of nitrogens with two attached hydrogens (primary N) is 2. The van der Waals surface area contributed by atoms with Gasteiger partial charge in [-0.25, -0.2) is 9.50 Å². The number of nitrogen functional groups attached to an aromatic ring is 1. The van der Waals surface area contributed by atoms with E-state index < -0.39 is 0 Å². The van der Waals surface area contributed by atoms with Crippen molar-refractivity contribution >= 4 is 22.2 Å². The van der Waals surface area contributed by atoms with Gasteiger partial charge >= 0.3 is 0 Å². The van der Waals surface area contributed by atoms with Gasteiger partial charge in [0.05, 0.1) is 11.2 Å². The van der Waals surface area contributed by atoms with Crippen molar-refractivity contribution in [2.24, 2.45) is 5.73 Å². The van der Waals surface area contributed by atoms with Gasteiger partial charge in [-0.05, 0) is 24.3 Å². The summed E-state index contributed by atoms with van der Waals surface area (Å²) < 4.78 is 1.77. The van der Waals surface area contributed by atoms with Gasteiger partial charge in [-0.3, -0.25) is 0 Å². The molecule has 80 valence electrons. The van der Waals surface area contributed by atoms with Crippen LogP contribution in [-0.4, -0.2) is 14.6 Å². The van der Waals surface area contributed by atoms with E-state index in [4.69, 9.17) is 11.5 Å². The molecule has 0 saturated carbocycles.